The fraction of sp³-hybridized carbons (Fsp3) is 0.600. The van der Waals surface area contributed by atoms with Crippen molar-refractivity contribution in [2.45, 2.75) is 48.9 Å². The van der Waals surface area contributed by atoms with E-state index < -0.39 is 0 Å². The maximum Gasteiger partial charge on any atom is 0.324 e. The zero-order chi connectivity index (χ0) is 18.2. The molecule has 1 saturated carbocycles. The second-order valence-electron chi connectivity index (χ2n) is 7.49. The van der Waals surface area contributed by atoms with Crippen LogP contribution in [0.15, 0.2) is 30.3 Å². The van der Waals surface area contributed by atoms with Gasteiger partial charge >= 0.3 is 5.97 Å². The largest absolute Gasteiger partial charge is 0.465 e. The summed E-state index contributed by atoms with van der Waals surface area (Å²) in [5, 5.41) is 3.49. The Bertz CT molecular complexity index is 682. The number of thioether (sulfide) groups is 1. The van der Waals surface area contributed by atoms with Crippen LogP contribution >= 0.6 is 11.8 Å². The number of rotatable bonds is 4. The fourth-order valence-electron chi connectivity index (χ4n) is 4.18. The van der Waals surface area contributed by atoms with E-state index in [9.17, 15) is 9.59 Å². The number of hydrogen-bond donors (Lipinski definition) is 1. The van der Waals surface area contributed by atoms with Crippen LogP contribution in [-0.2, 0) is 19.7 Å². The van der Waals surface area contributed by atoms with Crippen molar-refractivity contribution in [3.05, 3.63) is 35.9 Å². The minimum atomic E-state index is -0.282. The number of nitrogens with one attached hydrogen (secondary N) is 1. The van der Waals surface area contributed by atoms with Gasteiger partial charge in [0, 0.05) is 18.8 Å². The number of hydrogen-bond acceptors (Lipinski definition) is 5. The molecule has 0 bridgehead atoms. The molecule has 1 aromatic carbocycles. The zero-order valence-corrected chi connectivity index (χ0v) is 16.0. The summed E-state index contributed by atoms with van der Waals surface area (Å²) in [6.45, 7) is 3.75. The second kappa shape index (κ2) is 6.89. The van der Waals surface area contributed by atoms with Crippen LogP contribution in [0, 0.1) is 0 Å². The Hall–Kier alpha value is -1.53. The highest BCUT2D eigenvalue weighted by molar-refractivity contribution is 8.01. The average molecular weight is 375 g/mol. The van der Waals surface area contributed by atoms with Crippen molar-refractivity contribution in [2.75, 3.05) is 25.4 Å². The van der Waals surface area contributed by atoms with E-state index in [4.69, 9.17) is 4.74 Å². The van der Waals surface area contributed by atoms with Crippen molar-refractivity contribution in [1.29, 1.82) is 0 Å². The minimum Gasteiger partial charge on any atom is -0.465 e. The first-order valence-electron chi connectivity index (χ1n) is 9.52. The van der Waals surface area contributed by atoms with Crippen LogP contribution < -0.4 is 5.32 Å². The van der Waals surface area contributed by atoms with Gasteiger partial charge in [-0.1, -0.05) is 30.3 Å². The third-order valence-corrected chi connectivity index (χ3v) is 7.46. The standard InChI is InChI=1S/C20H26N2O3S/c1-2-25-17(23)16-14-26-20(21-16)10-12-22(13-11-20)18(24)19(8-9-19)15-6-4-3-5-7-15/h3-7,16,21H,2,8-14H2,1H3/t16-/m0/s1. The minimum absolute atomic E-state index is 0.0856. The normalized spacial score (nSPS) is 25.9. The first-order valence-corrected chi connectivity index (χ1v) is 10.5. The molecule has 2 saturated heterocycles. The average Bonchev–Trinajstić information content (AvgIpc) is 3.39. The number of esters is 1. The molecule has 1 spiro atoms. The number of carbonyl (C=O) groups is 2. The molecule has 4 rings (SSSR count). The molecule has 1 atom stereocenters. The molecule has 1 N–H and O–H groups in total. The summed E-state index contributed by atoms with van der Waals surface area (Å²) in [4.78, 5) is 27.1. The van der Waals surface area contributed by atoms with Gasteiger partial charge in [-0.3, -0.25) is 14.9 Å². The van der Waals surface area contributed by atoms with Crippen LogP contribution in [0.25, 0.3) is 0 Å². The lowest BCUT2D eigenvalue weighted by Gasteiger charge is -2.40. The summed E-state index contributed by atoms with van der Waals surface area (Å²) in [5.74, 6) is 0.876. The van der Waals surface area contributed by atoms with Crippen molar-refractivity contribution < 1.29 is 14.3 Å². The highest BCUT2D eigenvalue weighted by Gasteiger charge is 2.54. The lowest BCUT2D eigenvalue weighted by Crippen LogP contribution is -2.54. The van der Waals surface area contributed by atoms with E-state index in [1.807, 2.05) is 41.8 Å². The molecule has 0 aromatic heterocycles. The molecule has 5 nitrogen and oxygen atoms in total. The number of carbonyl (C=O) groups excluding carboxylic acids is 2. The van der Waals surface area contributed by atoms with Gasteiger partial charge in [0.05, 0.1) is 16.9 Å². The Labute approximate surface area is 158 Å². The molecule has 140 valence electrons. The van der Waals surface area contributed by atoms with Crippen LogP contribution in [0.1, 0.15) is 38.2 Å². The summed E-state index contributed by atoms with van der Waals surface area (Å²) >= 11 is 1.81. The third kappa shape index (κ3) is 3.14. The number of likely N-dealkylation sites (tertiary alicyclic amines) is 1. The quantitative estimate of drug-likeness (QED) is 0.820. The topological polar surface area (TPSA) is 58.6 Å². The molecule has 3 fully saturated rings. The molecular weight excluding hydrogens is 348 g/mol. The number of benzene rings is 1. The Morgan fingerprint density at radius 3 is 2.50 bits per heavy atom. The molecule has 1 amide bonds. The Morgan fingerprint density at radius 1 is 1.19 bits per heavy atom. The molecule has 1 aromatic rings. The zero-order valence-electron chi connectivity index (χ0n) is 15.2. The van der Waals surface area contributed by atoms with E-state index in [0.29, 0.717) is 6.61 Å². The summed E-state index contributed by atoms with van der Waals surface area (Å²) in [5.41, 5.74) is 0.871. The van der Waals surface area contributed by atoms with Gasteiger partial charge in [0.15, 0.2) is 0 Å². The maximum atomic E-state index is 13.2. The van der Waals surface area contributed by atoms with Gasteiger partial charge in [-0.15, -0.1) is 11.8 Å². The Balaban J connectivity index is 1.37. The highest BCUT2D eigenvalue weighted by atomic mass is 32.2. The number of nitrogens with zero attached hydrogens (tertiary/aromatic N) is 1. The maximum absolute atomic E-state index is 13.2. The van der Waals surface area contributed by atoms with Gasteiger partial charge in [-0.05, 0) is 38.2 Å². The SMILES string of the molecule is CCOC(=O)[C@@H]1CSC2(CCN(C(=O)C3(c4ccccc4)CC3)CC2)N1. The van der Waals surface area contributed by atoms with E-state index in [2.05, 4.69) is 17.4 Å². The van der Waals surface area contributed by atoms with Crippen molar-refractivity contribution in [3.8, 4) is 0 Å². The van der Waals surface area contributed by atoms with Crippen molar-refractivity contribution >= 4 is 23.6 Å². The van der Waals surface area contributed by atoms with Crippen LogP contribution in [-0.4, -0.2) is 53.1 Å². The van der Waals surface area contributed by atoms with Crippen LogP contribution in [0.5, 0.6) is 0 Å². The molecule has 2 heterocycles. The van der Waals surface area contributed by atoms with Gasteiger partial charge in [-0.2, -0.15) is 0 Å². The fourth-order valence-corrected chi connectivity index (χ4v) is 5.59. The van der Waals surface area contributed by atoms with E-state index in [0.717, 1.165) is 50.1 Å². The van der Waals surface area contributed by atoms with E-state index >= 15 is 0 Å². The predicted octanol–water partition coefficient (Wildman–Crippen LogP) is 2.30. The van der Waals surface area contributed by atoms with Crippen LogP contribution in [0.2, 0.25) is 0 Å². The van der Waals surface area contributed by atoms with Crippen molar-refractivity contribution in [2.24, 2.45) is 0 Å². The number of amides is 1. The smallest absolute Gasteiger partial charge is 0.324 e. The first-order chi connectivity index (χ1) is 12.6. The summed E-state index contributed by atoms with van der Waals surface area (Å²) in [6.07, 6.45) is 3.67. The van der Waals surface area contributed by atoms with Crippen molar-refractivity contribution in [1.82, 2.24) is 10.2 Å². The molecule has 3 aliphatic rings. The molecule has 1 aliphatic carbocycles. The van der Waals surface area contributed by atoms with Gasteiger partial charge in [0.25, 0.3) is 0 Å². The lowest BCUT2D eigenvalue weighted by atomic mass is 9.92. The van der Waals surface area contributed by atoms with Gasteiger partial charge in [0.1, 0.15) is 6.04 Å². The van der Waals surface area contributed by atoms with E-state index in [1.165, 1.54) is 0 Å². The Kier molecular flexibility index (Phi) is 4.73. The lowest BCUT2D eigenvalue weighted by molar-refractivity contribution is -0.145. The molecule has 0 radical (unpaired) electrons. The van der Waals surface area contributed by atoms with E-state index in [-0.39, 0.29) is 28.2 Å². The van der Waals surface area contributed by atoms with Crippen LogP contribution in [0.4, 0.5) is 0 Å². The summed E-state index contributed by atoms with van der Waals surface area (Å²) in [7, 11) is 0. The molecular formula is C20H26N2O3S. The van der Waals surface area contributed by atoms with Gasteiger partial charge in [0.2, 0.25) is 5.91 Å². The second-order valence-corrected chi connectivity index (χ2v) is 8.90. The third-order valence-electron chi connectivity index (χ3n) is 5.88. The van der Waals surface area contributed by atoms with Crippen molar-refractivity contribution in [3.63, 3.8) is 0 Å². The highest BCUT2D eigenvalue weighted by Crippen LogP contribution is 2.50. The van der Waals surface area contributed by atoms with Gasteiger partial charge in [-0.25, -0.2) is 0 Å². The summed E-state index contributed by atoms with van der Waals surface area (Å²) < 4.78 is 5.14. The molecule has 6 heteroatoms. The number of piperidine rings is 1. The summed E-state index contributed by atoms with van der Waals surface area (Å²) in [6, 6.07) is 9.97. The van der Waals surface area contributed by atoms with E-state index in [1.54, 1.807) is 0 Å². The molecule has 26 heavy (non-hydrogen) atoms. The molecule has 0 unspecified atom stereocenters. The predicted molar refractivity (Wildman–Crippen MR) is 102 cm³/mol. The Morgan fingerprint density at radius 2 is 1.88 bits per heavy atom. The molecule has 2 aliphatic heterocycles. The monoisotopic (exact) mass is 374 g/mol. The first kappa shape index (κ1) is 17.9. The van der Waals surface area contributed by atoms with Gasteiger partial charge < -0.3 is 9.64 Å². The number of ether oxygens (including phenoxy) is 1. The van der Waals surface area contributed by atoms with Crippen LogP contribution in [0.3, 0.4) is 0 Å².